The molecule has 0 saturated carbocycles. The molecule has 252 valence electrons. The van der Waals surface area contributed by atoms with Gasteiger partial charge in [-0.1, -0.05) is 74.5 Å². The molecule has 4 N–H and O–H groups in total. The van der Waals surface area contributed by atoms with Gasteiger partial charge in [0.25, 0.3) is 0 Å². The maximum atomic E-state index is 12.3. The van der Waals surface area contributed by atoms with Crippen LogP contribution in [0.5, 0.6) is 0 Å². The average Bonchev–Trinajstić information content (AvgIpc) is 3.06. The summed E-state index contributed by atoms with van der Waals surface area (Å²) in [5.74, 6) is -0.551. The van der Waals surface area contributed by atoms with Crippen LogP contribution in [0.15, 0.2) is 60.7 Å². The Balaban J connectivity index is 0.000000275. The molecule has 0 radical (unpaired) electrons. The molecule has 11 heteroatoms. The molecule has 2 aromatic rings. The van der Waals surface area contributed by atoms with E-state index < -0.39 is 12.1 Å². The topological polar surface area (TPSA) is 131 Å². The number of carbonyl (C=O) groups excluding carboxylic acids is 4. The van der Waals surface area contributed by atoms with Gasteiger partial charge in [-0.2, -0.15) is 0 Å². The second-order valence-corrected chi connectivity index (χ2v) is 12.2. The van der Waals surface area contributed by atoms with E-state index in [1.807, 2.05) is 38.1 Å². The van der Waals surface area contributed by atoms with Gasteiger partial charge < -0.3 is 15.5 Å². The fraction of sp³-hybridized carbons (Fsp3) is 0.543. The van der Waals surface area contributed by atoms with Crippen molar-refractivity contribution in [2.24, 2.45) is 11.7 Å². The molecule has 2 saturated heterocycles. The molecule has 2 heterocycles. The van der Waals surface area contributed by atoms with Crippen LogP contribution >= 0.6 is 0 Å². The van der Waals surface area contributed by atoms with Crippen molar-refractivity contribution in [1.82, 2.24) is 30.2 Å². The quantitative estimate of drug-likeness (QED) is 0.383. The Morgan fingerprint density at radius 1 is 0.652 bits per heavy atom. The molecule has 0 aliphatic carbocycles. The molecule has 46 heavy (non-hydrogen) atoms. The van der Waals surface area contributed by atoms with Gasteiger partial charge in [0.15, 0.2) is 0 Å². The largest absolute Gasteiger partial charge is 0.351 e. The van der Waals surface area contributed by atoms with Gasteiger partial charge in [0.05, 0.1) is 0 Å². The number of hydrogen-bond donors (Lipinski definition) is 3. The van der Waals surface area contributed by atoms with Gasteiger partial charge >= 0.3 is 18.1 Å². The predicted octanol–water partition coefficient (Wildman–Crippen LogP) is 3.93. The normalized spacial score (nSPS) is 17.0. The summed E-state index contributed by atoms with van der Waals surface area (Å²) in [4.78, 5) is 55.3. The first-order valence-corrected chi connectivity index (χ1v) is 16.6. The van der Waals surface area contributed by atoms with E-state index in [2.05, 4.69) is 70.7 Å². The van der Waals surface area contributed by atoms with Crippen LogP contribution in [0.25, 0.3) is 0 Å². The van der Waals surface area contributed by atoms with E-state index in [1.165, 1.54) is 11.1 Å². The summed E-state index contributed by atoms with van der Waals surface area (Å²) in [6.45, 7) is 14.2. The highest BCUT2D eigenvalue weighted by Crippen LogP contribution is 2.13. The van der Waals surface area contributed by atoms with Crippen LogP contribution in [0, 0.1) is 5.92 Å². The van der Waals surface area contributed by atoms with Crippen LogP contribution in [0.4, 0.5) is 14.4 Å². The van der Waals surface area contributed by atoms with Crippen molar-refractivity contribution in [3.05, 3.63) is 71.8 Å². The summed E-state index contributed by atoms with van der Waals surface area (Å²) in [5.41, 5.74) is 7.94. The molecule has 0 aromatic heterocycles. The molecular weight excluding hydrogens is 582 g/mol. The smallest absolute Gasteiger partial charge is 0.329 e. The number of nitrogens with two attached hydrogens (primary N) is 1. The first-order chi connectivity index (χ1) is 22.1. The van der Waals surface area contributed by atoms with Crippen molar-refractivity contribution in [3.8, 4) is 0 Å². The summed E-state index contributed by atoms with van der Waals surface area (Å²) in [5, 5.41) is 4.52. The first-order valence-electron chi connectivity index (χ1n) is 16.6. The van der Waals surface area contributed by atoms with Crippen molar-refractivity contribution in [3.63, 3.8) is 0 Å². The summed E-state index contributed by atoms with van der Waals surface area (Å²) in [6, 6.07) is 20.3. The number of urea groups is 3. The lowest BCUT2D eigenvalue weighted by atomic mass is 10.0. The van der Waals surface area contributed by atoms with Crippen molar-refractivity contribution in [2.45, 2.75) is 65.5 Å². The molecule has 0 spiro atoms. The van der Waals surface area contributed by atoms with Gasteiger partial charge in [0.1, 0.15) is 0 Å². The summed E-state index contributed by atoms with van der Waals surface area (Å²) in [6.07, 6.45) is 3.34. The van der Waals surface area contributed by atoms with E-state index in [0.29, 0.717) is 38.0 Å². The summed E-state index contributed by atoms with van der Waals surface area (Å²) >= 11 is 0. The Bertz CT molecular complexity index is 1230. The van der Waals surface area contributed by atoms with Crippen molar-refractivity contribution in [2.75, 3.05) is 52.4 Å². The highest BCUT2D eigenvalue weighted by molar-refractivity contribution is 6.02. The molecule has 2 aromatic carbocycles. The van der Waals surface area contributed by atoms with Crippen LogP contribution < -0.4 is 16.4 Å². The van der Waals surface area contributed by atoms with E-state index in [0.717, 1.165) is 52.1 Å². The number of piperazine rings is 2. The molecule has 2 aliphatic rings. The maximum Gasteiger partial charge on any atom is 0.329 e. The number of benzene rings is 2. The maximum absolute atomic E-state index is 12.3. The lowest BCUT2D eigenvalue weighted by molar-refractivity contribution is -0.124. The van der Waals surface area contributed by atoms with Gasteiger partial charge in [0, 0.05) is 70.4 Å². The Morgan fingerprint density at radius 2 is 1.07 bits per heavy atom. The van der Waals surface area contributed by atoms with E-state index >= 15 is 0 Å². The second kappa shape index (κ2) is 18.9. The molecule has 2 fully saturated rings. The van der Waals surface area contributed by atoms with E-state index in [9.17, 15) is 19.2 Å². The molecule has 2 unspecified atom stereocenters. The van der Waals surface area contributed by atoms with Crippen LogP contribution in [-0.4, -0.2) is 108 Å². The van der Waals surface area contributed by atoms with Gasteiger partial charge in [-0.05, 0) is 50.7 Å². The summed E-state index contributed by atoms with van der Waals surface area (Å²) in [7, 11) is 0. The second-order valence-electron chi connectivity index (χ2n) is 12.2. The minimum atomic E-state index is -0.748. The molecule has 2 aliphatic heterocycles. The lowest BCUT2D eigenvalue weighted by Crippen LogP contribution is -2.56. The molecule has 4 rings (SSSR count). The molecule has 0 bridgehead atoms. The first kappa shape index (κ1) is 36.5. The number of amides is 7. The standard InChI is InChI=1S/C21H32N4O3.C14H21N3O/c1-4-18(5-2)19(26)22-20(27)23-21(28)25-13-11-24(12-14-25)16(3)15-17-9-7-6-8-10-17;1-12(11-13-5-3-2-4-6-13)16-7-9-17(10-8-16)14(15)18/h6-10,16,18H,4-5,11-15H2,1-3H3,(H2,22,23,26,27,28);2-6,12H,7-11H2,1H3,(H2,15,18). The van der Waals surface area contributed by atoms with E-state index in [-0.39, 0.29) is 17.9 Å². The number of nitrogens with zero attached hydrogens (tertiary/aromatic N) is 4. The third-order valence-electron chi connectivity index (χ3n) is 9.04. The molecular formula is C35H53N7O4. The third-order valence-corrected chi connectivity index (χ3v) is 9.04. The number of imide groups is 2. The number of carbonyl (C=O) groups is 4. The molecule has 11 nitrogen and oxygen atoms in total. The van der Waals surface area contributed by atoms with Gasteiger partial charge in [-0.15, -0.1) is 0 Å². The highest BCUT2D eigenvalue weighted by atomic mass is 16.2. The van der Waals surface area contributed by atoms with Crippen LogP contribution in [0.2, 0.25) is 0 Å². The van der Waals surface area contributed by atoms with Crippen molar-refractivity contribution >= 4 is 24.0 Å². The number of nitrogens with one attached hydrogen (secondary N) is 2. The van der Waals surface area contributed by atoms with E-state index in [1.54, 1.807) is 9.80 Å². The minimum absolute atomic E-state index is 0.213. The van der Waals surface area contributed by atoms with Crippen LogP contribution in [0.1, 0.15) is 51.7 Å². The van der Waals surface area contributed by atoms with Gasteiger partial charge in [-0.25, -0.2) is 14.4 Å². The summed E-state index contributed by atoms with van der Waals surface area (Å²) < 4.78 is 0. The van der Waals surface area contributed by atoms with Gasteiger partial charge in [0.2, 0.25) is 5.91 Å². The zero-order chi connectivity index (χ0) is 33.5. The van der Waals surface area contributed by atoms with Gasteiger partial charge in [-0.3, -0.25) is 25.2 Å². The lowest BCUT2D eigenvalue weighted by Gasteiger charge is -2.38. The monoisotopic (exact) mass is 635 g/mol. The minimum Gasteiger partial charge on any atom is -0.351 e. The Labute approximate surface area is 274 Å². The van der Waals surface area contributed by atoms with E-state index in [4.69, 9.17) is 5.73 Å². The van der Waals surface area contributed by atoms with Crippen LogP contribution in [-0.2, 0) is 17.6 Å². The molecule has 7 amide bonds. The average molecular weight is 636 g/mol. The zero-order valence-corrected chi connectivity index (χ0v) is 28.0. The fourth-order valence-corrected chi connectivity index (χ4v) is 6.00. The predicted molar refractivity (Wildman–Crippen MR) is 181 cm³/mol. The Morgan fingerprint density at radius 3 is 1.46 bits per heavy atom. The zero-order valence-electron chi connectivity index (χ0n) is 28.0. The third kappa shape index (κ3) is 11.8. The Hall–Kier alpha value is -3.96. The number of rotatable bonds is 9. The Kier molecular flexibility index (Phi) is 15.0. The van der Waals surface area contributed by atoms with Crippen LogP contribution in [0.3, 0.4) is 0 Å². The molecule has 2 atom stereocenters. The SMILES string of the molecule is CC(Cc1ccccc1)N1CCN(C(N)=O)CC1.CCC(CC)C(=O)NC(=O)NC(=O)N1CCN(C(C)Cc2ccccc2)CC1. The fourth-order valence-electron chi connectivity index (χ4n) is 6.00. The van der Waals surface area contributed by atoms with Crippen molar-refractivity contribution < 1.29 is 19.2 Å². The number of primary amides is 1. The number of hydrogen-bond acceptors (Lipinski definition) is 6. The van der Waals surface area contributed by atoms with Crippen molar-refractivity contribution in [1.29, 1.82) is 0 Å². The highest BCUT2D eigenvalue weighted by Gasteiger charge is 2.26.